The molecular formula is C12H13ClN2O2. The number of anilines is 1. The van der Waals surface area contributed by atoms with Crippen LogP contribution in [0.5, 0.6) is 0 Å². The second kappa shape index (κ2) is 5.19. The number of benzene rings is 1. The zero-order chi connectivity index (χ0) is 12.3. The number of hydrogen-bond acceptors (Lipinski definition) is 2. The predicted molar refractivity (Wildman–Crippen MR) is 65.8 cm³/mol. The van der Waals surface area contributed by atoms with Gasteiger partial charge in [-0.2, -0.15) is 0 Å². The summed E-state index contributed by atoms with van der Waals surface area (Å²) >= 11 is 5.95. The Morgan fingerprint density at radius 1 is 1.41 bits per heavy atom. The molecule has 2 amide bonds. The summed E-state index contributed by atoms with van der Waals surface area (Å²) in [6, 6.07) is 7.09. The summed E-state index contributed by atoms with van der Waals surface area (Å²) in [5.41, 5.74) is 0.607. The Hall–Kier alpha value is -1.55. The summed E-state index contributed by atoms with van der Waals surface area (Å²) in [5, 5.41) is 5.97. The molecule has 1 aliphatic rings. The lowest BCUT2D eigenvalue weighted by molar-refractivity contribution is -0.126. The molecule has 5 heteroatoms. The number of piperidine rings is 1. The van der Waals surface area contributed by atoms with Gasteiger partial charge in [-0.25, -0.2) is 0 Å². The summed E-state index contributed by atoms with van der Waals surface area (Å²) in [5.74, 6) is -0.270. The molecule has 2 N–H and O–H groups in total. The molecule has 1 heterocycles. The quantitative estimate of drug-likeness (QED) is 0.843. The number of hydrogen-bond donors (Lipinski definition) is 2. The smallest absolute Gasteiger partial charge is 0.229 e. The second-order valence-electron chi connectivity index (χ2n) is 4.01. The van der Waals surface area contributed by atoms with Gasteiger partial charge in [-0.15, -0.1) is 0 Å². The van der Waals surface area contributed by atoms with E-state index in [9.17, 15) is 9.59 Å². The van der Waals surface area contributed by atoms with Crippen molar-refractivity contribution in [3.8, 4) is 0 Å². The van der Waals surface area contributed by atoms with E-state index in [4.69, 9.17) is 11.6 Å². The first kappa shape index (κ1) is 11.9. The van der Waals surface area contributed by atoms with Crippen LogP contribution in [0.3, 0.4) is 0 Å². The molecule has 4 nitrogen and oxygen atoms in total. The highest BCUT2D eigenvalue weighted by molar-refractivity contribution is 6.33. The molecule has 0 spiro atoms. The molecule has 1 fully saturated rings. The topological polar surface area (TPSA) is 58.2 Å². The molecule has 0 radical (unpaired) electrons. The van der Waals surface area contributed by atoms with E-state index >= 15 is 0 Å². The van der Waals surface area contributed by atoms with E-state index < -0.39 is 0 Å². The standard InChI is InChI=1S/C12H13ClN2O2/c13-9-3-1-2-4-10(9)15-12(17)8-5-6-11(16)14-7-8/h1-4,8H,5-7H2,(H,14,16)(H,15,17). The maximum atomic E-state index is 11.9. The molecule has 1 aliphatic heterocycles. The van der Waals surface area contributed by atoms with Gasteiger partial charge in [0.2, 0.25) is 11.8 Å². The van der Waals surface area contributed by atoms with Crippen molar-refractivity contribution in [2.75, 3.05) is 11.9 Å². The van der Waals surface area contributed by atoms with Crippen molar-refractivity contribution < 1.29 is 9.59 Å². The molecule has 0 aliphatic carbocycles. The Bertz CT molecular complexity index is 438. The minimum absolute atomic E-state index is 0.00629. The first-order valence-corrected chi connectivity index (χ1v) is 5.86. The Morgan fingerprint density at radius 3 is 2.82 bits per heavy atom. The third kappa shape index (κ3) is 2.97. The highest BCUT2D eigenvalue weighted by atomic mass is 35.5. The molecule has 1 atom stereocenters. The van der Waals surface area contributed by atoms with E-state index in [2.05, 4.69) is 10.6 Å². The van der Waals surface area contributed by atoms with Crippen molar-refractivity contribution in [1.29, 1.82) is 0 Å². The molecule has 1 aromatic carbocycles. The van der Waals surface area contributed by atoms with Crippen molar-refractivity contribution in [3.63, 3.8) is 0 Å². The first-order chi connectivity index (χ1) is 8.16. The fraction of sp³-hybridized carbons (Fsp3) is 0.333. The monoisotopic (exact) mass is 252 g/mol. The van der Waals surface area contributed by atoms with Crippen LogP contribution in [-0.2, 0) is 9.59 Å². The number of halogens is 1. The summed E-state index contributed by atoms with van der Waals surface area (Å²) < 4.78 is 0. The van der Waals surface area contributed by atoms with Gasteiger partial charge in [-0.1, -0.05) is 23.7 Å². The lowest BCUT2D eigenvalue weighted by Crippen LogP contribution is -2.40. The first-order valence-electron chi connectivity index (χ1n) is 5.49. The summed E-state index contributed by atoms with van der Waals surface area (Å²) in [6.45, 7) is 0.398. The van der Waals surface area contributed by atoms with E-state index in [-0.39, 0.29) is 17.7 Å². The van der Waals surface area contributed by atoms with Crippen LogP contribution in [0.15, 0.2) is 24.3 Å². The lowest BCUT2D eigenvalue weighted by Gasteiger charge is -2.21. The molecular weight excluding hydrogens is 240 g/mol. The van der Waals surface area contributed by atoms with Gasteiger partial charge in [-0.05, 0) is 18.6 Å². The Labute approximate surface area is 104 Å². The minimum atomic E-state index is -0.177. The van der Waals surface area contributed by atoms with Crippen molar-refractivity contribution in [2.45, 2.75) is 12.8 Å². The number of rotatable bonds is 2. The third-order valence-corrected chi connectivity index (χ3v) is 3.10. The average Bonchev–Trinajstić information content (AvgIpc) is 2.33. The van der Waals surface area contributed by atoms with E-state index in [1.165, 1.54) is 0 Å². The average molecular weight is 253 g/mol. The van der Waals surface area contributed by atoms with Crippen molar-refractivity contribution in [3.05, 3.63) is 29.3 Å². The van der Waals surface area contributed by atoms with Gasteiger partial charge in [-0.3, -0.25) is 9.59 Å². The Morgan fingerprint density at radius 2 is 2.18 bits per heavy atom. The molecule has 17 heavy (non-hydrogen) atoms. The number of carbonyl (C=O) groups is 2. The summed E-state index contributed by atoms with van der Waals surface area (Å²) in [6.07, 6.45) is 0.989. The van der Waals surface area contributed by atoms with E-state index in [0.29, 0.717) is 30.1 Å². The molecule has 0 saturated carbocycles. The maximum Gasteiger partial charge on any atom is 0.229 e. The largest absolute Gasteiger partial charge is 0.355 e. The van der Waals surface area contributed by atoms with Crippen LogP contribution in [0.2, 0.25) is 5.02 Å². The Kier molecular flexibility index (Phi) is 3.64. The van der Waals surface area contributed by atoms with Gasteiger partial charge < -0.3 is 10.6 Å². The van der Waals surface area contributed by atoms with E-state index in [1.807, 2.05) is 6.07 Å². The van der Waals surface area contributed by atoms with Crippen LogP contribution in [-0.4, -0.2) is 18.4 Å². The van der Waals surface area contributed by atoms with Crippen molar-refractivity contribution in [1.82, 2.24) is 5.32 Å². The van der Waals surface area contributed by atoms with Crippen LogP contribution < -0.4 is 10.6 Å². The highest BCUT2D eigenvalue weighted by Crippen LogP contribution is 2.22. The molecule has 0 aromatic heterocycles. The van der Waals surface area contributed by atoms with Gasteiger partial charge in [0.05, 0.1) is 16.6 Å². The van der Waals surface area contributed by atoms with Crippen LogP contribution in [0, 0.1) is 5.92 Å². The van der Waals surface area contributed by atoms with Crippen LogP contribution in [0.4, 0.5) is 5.69 Å². The SMILES string of the molecule is O=C1CCC(C(=O)Nc2ccccc2Cl)CN1. The molecule has 0 bridgehead atoms. The van der Waals surface area contributed by atoms with Gasteiger partial charge in [0.1, 0.15) is 0 Å². The number of amides is 2. The molecule has 1 aromatic rings. The number of para-hydroxylation sites is 1. The zero-order valence-corrected chi connectivity index (χ0v) is 9.96. The fourth-order valence-corrected chi connectivity index (χ4v) is 1.94. The van der Waals surface area contributed by atoms with Crippen molar-refractivity contribution >= 4 is 29.1 Å². The fourth-order valence-electron chi connectivity index (χ4n) is 1.75. The Balaban J connectivity index is 1.98. The van der Waals surface area contributed by atoms with Gasteiger partial charge in [0.15, 0.2) is 0 Å². The number of nitrogens with one attached hydrogen (secondary N) is 2. The van der Waals surface area contributed by atoms with Gasteiger partial charge in [0, 0.05) is 13.0 Å². The zero-order valence-electron chi connectivity index (χ0n) is 9.20. The lowest BCUT2D eigenvalue weighted by atomic mass is 9.98. The van der Waals surface area contributed by atoms with Gasteiger partial charge >= 0.3 is 0 Å². The molecule has 90 valence electrons. The molecule has 2 rings (SSSR count). The van der Waals surface area contributed by atoms with Crippen molar-refractivity contribution in [2.24, 2.45) is 5.92 Å². The highest BCUT2D eigenvalue weighted by Gasteiger charge is 2.24. The third-order valence-electron chi connectivity index (χ3n) is 2.77. The number of carbonyl (C=O) groups excluding carboxylic acids is 2. The maximum absolute atomic E-state index is 11.9. The van der Waals surface area contributed by atoms with Crippen LogP contribution in [0.1, 0.15) is 12.8 Å². The summed E-state index contributed by atoms with van der Waals surface area (Å²) in [4.78, 5) is 22.9. The van der Waals surface area contributed by atoms with E-state index in [1.54, 1.807) is 18.2 Å². The normalized spacial score (nSPS) is 19.6. The second-order valence-corrected chi connectivity index (χ2v) is 4.42. The molecule has 1 saturated heterocycles. The van der Waals surface area contributed by atoms with Gasteiger partial charge in [0.25, 0.3) is 0 Å². The molecule has 1 unspecified atom stereocenters. The van der Waals surface area contributed by atoms with Crippen LogP contribution in [0.25, 0.3) is 0 Å². The summed E-state index contributed by atoms with van der Waals surface area (Å²) in [7, 11) is 0. The predicted octanol–water partition coefficient (Wildman–Crippen LogP) is 1.80. The minimum Gasteiger partial charge on any atom is -0.355 e. The van der Waals surface area contributed by atoms with E-state index in [0.717, 1.165) is 0 Å². The van der Waals surface area contributed by atoms with Crippen LogP contribution >= 0.6 is 11.6 Å².